The molecule has 0 atom stereocenters. The molecule has 0 fully saturated rings. The van der Waals surface area contributed by atoms with Gasteiger partial charge in [-0.2, -0.15) is 5.10 Å². The second-order valence-electron chi connectivity index (χ2n) is 4.66. The van der Waals surface area contributed by atoms with Gasteiger partial charge < -0.3 is 5.73 Å². The van der Waals surface area contributed by atoms with Crippen LogP contribution in [0.25, 0.3) is 0 Å². The average Bonchev–Trinajstić information content (AvgIpc) is 2.87. The van der Waals surface area contributed by atoms with Gasteiger partial charge in [0.05, 0.1) is 5.69 Å². The summed E-state index contributed by atoms with van der Waals surface area (Å²) in [5.41, 5.74) is 12.3. The Morgan fingerprint density at radius 2 is 1.91 bits per heavy atom. The van der Waals surface area contributed by atoms with Crippen LogP contribution in [-0.4, -0.2) is 22.2 Å². The van der Waals surface area contributed by atoms with E-state index in [9.17, 15) is 0 Å². The molecule has 22 heavy (non-hydrogen) atoms. The van der Waals surface area contributed by atoms with Gasteiger partial charge in [0.2, 0.25) is 0 Å². The molecule has 0 saturated heterocycles. The lowest BCUT2D eigenvalue weighted by Crippen LogP contribution is -2.29. The number of aromatic nitrogens is 1. The molecule has 0 amide bonds. The van der Waals surface area contributed by atoms with E-state index in [1.807, 2.05) is 37.3 Å². The minimum Gasteiger partial charge on any atom is -0.380 e. The molecule has 1 aromatic carbocycles. The third kappa shape index (κ3) is 2.71. The molecule has 0 saturated carbocycles. The predicted octanol–water partition coefficient (Wildman–Crippen LogP) is 2.22. The van der Waals surface area contributed by atoms with Crippen molar-refractivity contribution in [3.05, 3.63) is 53.9 Å². The van der Waals surface area contributed by atoms with Gasteiger partial charge in [-0.15, -0.1) is 22.8 Å². The molecule has 1 aliphatic rings. The van der Waals surface area contributed by atoms with Gasteiger partial charge in [-0.1, -0.05) is 18.2 Å². The summed E-state index contributed by atoms with van der Waals surface area (Å²) in [7, 11) is 0. The SMILES string of the molecule is Cc1nccc(S)c1C1=NN=C(N)C1=NNc1ccccc1. The van der Waals surface area contributed by atoms with Gasteiger partial charge in [0.15, 0.2) is 11.5 Å². The van der Waals surface area contributed by atoms with Crippen molar-refractivity contribution >= 4 is 35.6 Å². The molecule has 3 N–H and O–H groups in total. The first-order chi connectivity index (χ1) is 10.7. The Morgan fingerprint density at radius 1 is 1.14 bits per heavy atom. The van der Waals surface area contributed by atoms with Gasteiger partial charge >= 0.3 is 0 Å². The topological polar surface area (TPSA) is 88.0 Å². The molecule has 2 heterocycles. The second-order valence-corrected chi connectivity index (χ2v) is 5.14. The first-order valence-corrected chi connectivity index (χ1v) is 7.07. The van der Waals surface area contributed by atoms with Crippen molar-refractivity contribution in [2.45, 2.75) is 11.8 Å². The van der Waals surface area contributed by atoms with Crippen LogP contribution >= 0.6 is 12.6 Å². The van der Waals surface area contributed by atoms with E-state index in [1.54, 1.807) is 12.3 Å². The number of benzene rings is 1. The maximum Gasteiger partial charge on any atom is 0.176 e. The van der Waals surface area contributed by atoms with Crippen LogP contribution in [0, 0.1) is 6.92 Å². The van der Waals surface area contributed by atoms with Crippen LogP contribution in [-0.2, 0) is 0 Å². The number of anilines is 1. The average molecular weight is 310 g/mol. The van der Waals surface area contributed by atoms with E-state index < -0.39 is 0 Å². The number of hydrogen-bond donors (Lipinski definition) is 3. The standard InChI is InChI=1S/C15H14N6S/c1-9-12(11(22)7-8-17-9)13-14(15(16)21-19-13)20-18-10-5-3-2-4-6-10/h2-8,18H,1H3,(H,17,22)(H2,16,20,21). The highest BCUT2D eigenvalue weighted by molar-refractivity contribution is 7.80. The number of hydrazone groups is 1. The Bertz CT molecular complexity index is 775. The first kappa shape index (κ1) is 14.3. The zero-order valence-corrected chi connectivity index (χ0v) is 12.7. The number of hydrogen-bond acceptors (Lipinski definition) is 7. The lowest BCUT2D eigenvalue weighted by molar-refractivity contribution is 1.14. The largest absolute Gasteiger partial charge is 0.380 e. The Hall–Kier alpha value is -2.67. The van der Waals surface area contributed by atoms with Crippen LogP contribution in [0.15, 0.2) is 62.8 Å². The minimum atomic E-state index is 0.259. The number of nitrogens with two attached hydrogens (primary N) is 1. The van der Waals surface area contributed by atoms with Gasteiger partial charge in [-0.25, -0.2) is 0 Å². The summed E-state index contributed by atoms with van der Waals surface area (Å²) in [6, 6.07) is 11.4. The van der Waals surface area contributed by atoms with Crippen molar-refractivity contribution in [3.63, 3.8) is 0 Å². The van der Waals surface area contributed by atoms with Crippen LogP contribution in [0.2, 0.25) is 0 Å². The molecule has 110 valence electrons. The predicted molar refractivity (Wildman–Crippen MR) is 91.9 cm³/mol. The van der Waals surface area contributed by atoms with Crippen molar-refractivity contribution in [3.8, 4) is 0 Å². The Balaban J connectivity index is 1.96. The molecule has 3 rings (SSSR count). The van der Waals surface area contributed by atoms with E-state index in [0.717, 1.165) is 21.8 Å². The first-order valence-electron chi connectivity index (χ1n) is 6.62. The number of nitrogens with one attached hydrogen (secondary N) is 1. The number of para-hydroxylation sites is 1. The zero-order chi connectivity index (χ0) is 15.5. The van der Waals surface area contributed by atoms with Gasteiger partial charge in [0.25, 0.3) is 0 Å². The molecular weight excluding hydrogens is 296 g/mol. The highest BCUT2D eigenvalue weighted by atomic mass is 32.1. The summed E-state index contributed by atoms with van der Waals surface area (Å²) in [4.78, 5) is 5.02. The number of nitrogens with zero attached hydrogens (tertiary/aromatic N) is 4. The molecule has 0 radical (unpaired) electrons. The Kier molecular flexibility index (Phi) is 3.88. The molecule has 6 nitrogen and oxygen atoms in total. The quantitative estimate of drug-likeness (QED) is 0.600. The van der Waals surface area contributed by atoms with E-state index in [-0.39, 0.29) is 5.84 Å². The summed E-state index contributed by atoms with van der Waals surface area (Å²) in [6.07, 6.45) is 1.69. The summed E-state index contributed by atoms with van der Waals surface area (Å²) in [5, 5.41) is 12.4. The number of rotatable bonds is 3. The molecular formula is C15H14N6S. The van der Waals surface area contributed by atoms with Crippen LogP contribution < -0.4 is 11.2 Å². The van der Waals surface area contributed by atoms with Crippen molar-refractivity contribution in [2.24, 2.45) is 21.0 Å². The maximum atomic E-state index is 5.89. The Labute approximate surface area is 133 Å². The summed E-state index contributed by atoms with van der Waals surface area (Å²) >= 11 is 4.46. The van der Waals surface area contributed by atoms with Crippen molar-refractivity contribution < 1.29 is 0 Å². The fourth-order valence-corrected chi connectivity index (χ4v) is 2.41. The summed E-state index contributed by atoms with van der Waals surface area (Å²) in [5.74, 6) is 0.259. The van der Waals surface area contributed by atoms with E-state index in [1.165, 1.54) is 0 Å². The number of pyridine rings is 1. The lowest BCUT2D eigenvalue weighted by Gasteiger charge is -2.09. The fourth-order valence-electron chi connectivity index (χ4n) is 2.08. The number of amidine groups is 1. The number of thiol groups is 1. The van der Waals surface area contributed by atoms with E-state index >= 15 is 0 Å². The molecule has 0 spiro atoms. The molecule has 7 heteroatoms. The zero-order valence-electron chi connectivity index (χ0n) is 11.9. The van der Waals surface area contributed by atoms with Crippen LogP contribution in [0.4, 0.5) is 5.69 Å². The molecule has 0 bridgehead atoms. The second kappa shape index (κ2) is 5.98. The van der Waals surface area contributed by atoms with E-state index in [2.05, 4.69) is 38.3 Å². The smallest absolute Gasteiger partial charge is 0.176 e. The van der Waals surface area contributed by atoms with Crippen LogP contribution in [0.5, 0.6) is 0 Å². The molecule has 0 aliphatic carbocycles. The molecule has 0 unspecified atom stereocenters. The fraction of sp³-hybridized carbons (Fsp3) is 0.0667. The van der Waals surface area contributed by atoms with Crippen LogP contribution in [0.3, 0.4) is 0 Å². The van der Waals surface area contributed by atoms with Crippen molar-refractivity contribution in [1.29, 1.82) is 0 Å². The highest BCUT2D eigenvalue weighted by Crippen LogP contribution is 2.20. The lowest BCUT2D eigenvalue weighted by atomic mass is 10.0. The van der Waals surface area contributed by atoms with Gasteiger partial charge in [-0.05, 0) is 25.1 Å². The highest BCUT2D eigenvalue weighted by Gasteiger charge is 2.25. The third-order valence-electron chi connectivity index (χ3n) is 3.15. The molecule has 2 aromatic rings. The van der Waals surface area contributed by atoms with Gasteiger partial charge in [0, 0.05) is 22.3 Å². The normalized spacial score (nSPS) is 15.6. The third-order valence-corrected chi connectivity index (χ3v) is 3.52. The minimum absolute atomic E-state index is 0.259. The van der Waals surface area contributed by atoms with Crippen LogP contribution in [0.1, 0.15) is 11.3 Å². The molecule has 1 aromatic heterocycles. The van der Waals surface area contributed by atoms with Gasteiger partial charge in [-0.3, -0.25) is 10.4 Å². The Morgan fingerprint density at radius 3 is 2.64 bits per heavy atom. The maximum absolute atomic E-state index is 5.89. The monoisotopic (exact) mass is 310 g/mol. The van der Waals surface area contributed by atoms with E-state index in [0.29, 0.717) is 11.4 Å². The van der Waals surface area contributed by atoms with Gasteiger partial charge in [0.1, 0.15) is 5.71 Å². The number of aryl methyl sites for hydroxylation is 1. The van der Waals surface area contributed by atoms with Crippen molar-refractivity contribution in [1.82, 2.24) is 4.98 Å². The molecule has 1 aliphatic heterocycles. The van der Waals surface area contributed by atoms with E-state index in [4.69, 9.17) is 5.73 Å². The summed E-state index contributed by atoms with van der Waals surface area (Å²) in [6.45, 7) is 1.88. The van der Waals surface area contributed by atoms with Crippen molar-refractivity contribution in [2.75, 3.05) is 5.43 Å². The summed E-state index contributed by atoms with van der Waals surface area (Å²) < 4.78 is 0.